The largest absolute Gasteiger partial charge is 0.488 e. The summed E-state index contributed by atoms with van der Waals surface area (Å²) in [6.45, 7) is 5.67. The number of aliphatic carboxylic acids is 2. The van der Waals surface area contributed by atoms with Gasteiger partial charge in [0.25, 0.3) is 0 Å². The number of carboxylic acids is 2. The number of aromatic nitrogens is 2. The molecule has 2 atom stereocenters. The van der Waals surface area contributed by atoms with Crippen LogP contribution in [0.4, 0.5) is 0 Å². The van der Waals surface area contributed by atoms with Crippen LogP contribution in [0.3, 0.4) is 0 Å². The first-order valence-electron chi connectivity index (χ1n) is 23.8. The summed E-state index contributed by atoms with van der Waals surface area (Å²) in [5.41, 5.74) is 10.4. The fourth-order valence-corrected chi connectivity index (χ4v) is 8.47. The lowest BCUT2D eigenvalue weighted by Crippen LogP contribution is -2.37. The van der Waals surface area contributed by atoms with E-state index >= 15 is 0 Å². The molecule has 18 heteroatoms. The average Bonchev–Trinajstić information content (AvgIpc) is 3.38. The highest BCUT2D eigenvalue weighted by molar-refractivity contribution is 6.32. The van der Waals surface area contributed by atoms with E-state index in [-0.39, 0.29) is 65.6 Å². The fourth-order valence-electron chi connectivity index (χ4n) is 7.99. The molecule has 0 amide bonds. The third-order valence-electron chi connectivity index (χ3n) is 12.1. The Morgan fingerprint density at radius 1 is 0.581 bits per heavy atom. The van der Waals surface area contributed by atoms with Crippen LogP contribution in [0, 0.1) is 13.8 Å². The molecule has 0 saturated carbocycles. The number of nitrogens with one attached hydrogen (secondary N) is 2. The molecule has 16 nitrogen and oxygen atoms in total. The van der Waals surface area contributed by atoms with Gasteiger partial charge in [-0.25, -0.2) is 0 Å². The van der Waals surface area contributed by atoms with Crippen LogP contribution in [0.2, 0.25) is 10.0 Å². The molecule has 6 rings (SSSR count). The van der Waals surface area contributed by atoms with E-state index in [0.29, 0.717) is 44.2 Å². The van der Waals surface area contributed by atoms with Crippen molar-refractivity contribution in [3.8, 4) is 34.1 Å². The van der Waals surface area contributed by atoms with E-state index in [1.165, 1.54) is 14.2 Å². The monoisotopic (exact) mass is 1050 g/mol. The first-order valence-corrected chi connectivity index (χ1v) is 24.5. The molecule has 0 fully saturated rings. The van der Waals surface area contributed by atoms with E-state index in [4.69, 9.17) is 51.6 Å². The van der Waals surface area contributed by atoms with Crippen LogP contribution >= 0.6 is 23.2 Å². The number of benzene rings is 4. The molecule has 0 aliphatic heterocycles. The Morgan fingerprint density at radius 2 is 0.986 bits per heavy atom. The maximum atomic E-state index is 12.0. The molecule has 4 aromatic carbocycles. The Morgan fingerprint density at radius 3 is 1.36 bits per heavy atom. The number of carbonyl (C=O) groups is 2. The Hall–Kier alpha value is -6.92. The summed E-state index contributed by atoms with van der Waals surface area (Å²) in [5.74, 6) is -0.286. The Balaban J connectivity index is 1.21. The van der Waals surface area contributed by atoms with Crippen molar-refractivity contribution in [1.29, 1.82) is 0 Å². The molecule has 0 spiro atoms. The van der Waals surface area contributed by atoms with Gasteiger partial charge in [0.2, 0.25) is 0 Å². The minimum Gasteiger partial charge on any atom is -0.488 e. The van der Waals surface area contributed by atoms with Gasteiger partial charge in [-0.3, -0.25) is 29.5 Å². The second-order valence-electron chi connectivity index (χ2n) is 17.2. The summed E-state index contributed by atoms with van der Waals surface area (Å²) >= 11 is 13.8. The first-order chi connectivity index (χ1) is 35.8. The summed E-state index contributed by atoms with van der Waals surface area (Å²) < 4.78 is 35.8. The molecule has 2 aromatic heterocycles. The molecule has 1 unspecified atom stereocenters. The van der Waals surface area contributed by atoms with Crippen molar-refractivity contribution >= 4 is 47.6 Å². The number of aliphatic imine (C=N–C) groups is 2. The van der Waals surface area contributed by atoms with Crippen molar-refractivity contribution in [3.63, 3.8) is 0 Å². The van der Waals surface area contributed by atoms with E-state index in [9.17, 15) is 19.8 Å². The number of halogens is 2. The van der Waals surface area contributed by atoms with Crippen molar-refractivity contribution < 1.29 is 48.2 Å². The Kier molecular flexibility index (Phi) is 21.7. The van der Waals surface area contributed by atoms with Gasteiger partial charge >= 0.3 is 11.9 Å². The average molecular weight is 1050 g/mol. The van der Waals surface area contributed by atoms with Crippen molar-refractivity contribution in [3.05, 3.63) is 163 Å². The minimum atomic E-state index is -0.995. The molecule has 390 valence electrons. The molecule has 0 saturated heterocycles. The maximum absolute atomic E-state index is 12.0. The number of hydrogen-bond acceptors (Lipinski definition) is 14. The number of ether oxygens (including phenoxy) is 6. The van der Waals surface area contributed by atoms with Crippen molar-refractivity contribution in [1.82, 2.24) is 20.6 Å². The number of pyridine rings is 2. The van der Waals surface area contributed by atoms with Gasteiger partial charge in [0.15, 0.2) is 0 Å². The van der Waals surface area contributed by atoms with Gasteiger partial charge in [-0.1, -0.05) is 59.6 Å². The van der Waals surface area contributed by atoms with Crippen LogP contribution < -0.4 is 29.6 Å². The maximum Gasteiger partial charge on any atom is 0.320 e. The molecular weight excluding hydrogens is 988 g/mol. The van der Waals surface area contributed by atoms with Crippen LogP contribution in [0.5, 0.6) is 23.0 Å². The summed E-state index contributed by atoms with van der Waals surface area (Å²) in [6, 6.07) is 21.2. The Labute approximate surface area is 441 Å². The van der Waals surface area contributed by atoms with E-state index in [1.807, 2.05) is 50.2 Å². The van der Waals surface area contributed by atoms with Gasteiger partial charge in [0, 0.05) is 137 Å². The third kappa shape index (κ3) is 16.0. The molecule has 0 aliphatic carbocycles. The lowest BCUT2D eigenvalue weighted by molar-refractivity contribution is -0.141. The van der Waals surface area contributed by atoms with Crippen LogP contribution in [-0.4, -0.2) is 98.2 Å². The molecule has 2 heterocycles. The number of carboxylic acid groups (broad SMARTS) is 2. The highest BCUT2D eigenvalue weighted by Crippen LogP contribution is 2.37. The van der Waals surface area contributed by atoms with Crippen LogP contribution in [0.15, 0.2) is 108 Å². The molecule has 4 N–H and O–H groups in total. The molecule has 0 bridgehead atoms. The number of nitrogens with zero attached hydrogens (tertiary/aromatic N) is 4. The SMILES string of the molecule is CN=Cc1cncc(COc2cc(OCc3cccc(-c4cccc(COc5cc(OCc6cncc(C=NC)c6)c(CN[C@H](CCOC)C(=O)O)cc5Cl)c4C)c3C)c(Cl)cc2CNC(CCOC)C(=O)O)c1. The van der Waals surface area contributed by atoms with E-state index in [0.717, 1.165) is 55.6 Å². The Bertz CT molecular complexity index is 2720. The predicted molar refractivity (Wildman–Crippen MR) is 287 cm³/mol. The van der Waals surface area contributed by atoms with Gasteiger partial charge in [-0.15, -0.1) is 0 Å². The quantitative estimate of drug-likeness (QED) is 0.0323. The van der Waals surface area contributed by atoms with Crippen LogP contribution in [-0.2, 0) is 58.6 Å². The second kappa shape index (κ2) is 28.5. The van der Waals surface area contributed by atoms with Gasteiger partial charge < -0.3 is 49.3 Å². The number of hydrogen-bond donors (Lipinski definition) is 4. The van der Waals surface area contributed by atoms with Crippen LogP contribution in [0.1, 0.15) is 68.5 Å². The van der Waals surface area contributed by atoms with Crippen LogP contribution in [0.25, 0.3) is 11.1 Å². The van der Waals surface area contributed by atoms with E-state index in [1.54, 1.807) is 75.6 Å². The lowest BCUT2D eigenvalue weighted by Gasteiger charge is -2.20. The summed E-state index contributed by atoms with van der Waals surface area (Å²) in [7, 11) is 6.43. The standard InChI is InChI=1S/C56H62Cl2N6O10/c1-35-41(33-73-53-21-51(71-31-39-17-37(23-59-3)25-61-27-39)43(19-47(53)57)29-63-49(55(65)66)13-15-69-5)9-7-11-45(35)46-12-8-10-42(36(46)2)34-74-54-22-52(72-32-40-18-38(24-60-4)26-62-28-40)44(20-48(54)58)30-64-50(56(67)68)14-16-70-6/h7-12,17-28,49-50,63-64H,13-16,29-34H2,1-6H3,(H,65,66)(H,67,68)/t49-,50?/m1/s1. The smallest absolute Gasteiger partial charge is 0.320 e. The highest BCUT2D eigenvalue weighted by Gasteiger charge is 2.22. The number of rotatable bonds is 29. The fraction of sp³-hybridized carbons (Fsp3) is 0.321. The predicted octanol–water partition coefficient (Wildman–Crippen LogP) is 9.64. The molecule has 74 heavy (non-hydrogen) atoms. The topological polar surface area (TPSA) is 205 Å². The second-order valence-corrected chi connectivity index (χ2v) is 18.1. The van der Waals surface area contributed by atoms with Gasteiger partial charge in [0.1, 0.15) is 61.5 Å². The van der Waals surface area contributed by atoms with Crippen molar-refractivity contribution in [2.24, 2.45) is 9.98 Å². The molecule has 0 aliphatic rings. The first kappa shape index (κ1) is 56.4. The zero-order valence-electron chi connectivity index (χ0n) is 42.3. The normalized spacial score (nSPS) is 12.3. The summed E-state index contributed by atoms with van der Waals surface area (Å²) in [5, 5.41) is 26.5. The van der Waals surface area contributed by atoms with E-state index in [2.05, 4.69) is 42.7 Å². The van der Waals surface area contributed by atoms with Crippen molar-refractivity contribution in [2.75, 3.05) is 41.5 Å². The van der Waals surface area contributed by atoms with Gasteiger partial charge in [0.05, 0.1) is 10.0 Å². The molecule has 0 radical (unpaired) electrons. The third-order valence-corrected chi connectivity index (χ3v) is 12.6. The van der Waals surface area contributed by atoms with Gasteiger partial charge in [-0.05, 0) is 84.3 Å². The van der Waals surface area contributed by atoms with Crippen molar-refractivity contribution in [2.45, 2.75) is 78.3 Å². The lowest BCUT2D eigenvalue weighted by atomic mass is 9.92. The number of methoxy groups -OCH3 is 2. The van der Waals surface area contributed by atoms with Gasteiger partial charge in [-0.2, -0.15) is 0 Å². The zero-order chi connectivity index (χ0) is 53.0. The molecule has 6 aromatic rings. The summed E-state index contributed by atoms with van der Waals surface area (Å²) in [4.78, 5) is 40.9. The highest BCUT2D eigenvalue weighted by atomic mass is 35.5. The molecular formula is C56H62Cl2N6O10. The van der Waals surface area contributed by atoms with E-state index < -0.39 is 24.0 Å². The summed E-state index contributed by atoms with van der Waals surface area (Å²) in [6.07, 6.45) is 10.8. The zero-order valence-corrected chi connectivity index (χ0v) is 43.8. The minimum absolute atomic E-state index is 0.157.